The maximum absolute atomic E-state index is 12.4. The summed E-state index contributed by atoms with van der Waals surface area (Å²) in [5.41, 5.74) is 7.50. The van der Waals surface area contributed by atoms with Crippen molar-refractivity contribution >= 4 is 55.0 Å². The fraction of sp³-hybridized carbons (Fsp3) is 0.0909. The Hall–Kier alpha value is -2.64. The van der Waals surface area contributed by atoms with Crippen LogP contribution in [0.25, 0.3) is 16.7 Å². The first kappa shape index (κ1) is 19.7. The highest BCUT2D eigenvalue weighted by atomic mass is 79.9. The van der Waals surface area contributed by atoms with E-state index in [0.717, 1.165) is 25.7 Å². The average Bonchev–Trinajstić information content (AvgIpc) is 3.31. The second-order valence-corrected chi connectivity index (χ2v) is 8.46. The van der Waals surface area contributed by atoms with Crippen molar-refractivity contribution in [2.45, 2.75) is 13.8 Å². The minimum absolute atomic E-state index is 0.195. The molecule has 2 heterocycles. The van der Waals surface area contributed by atoms with Crippen LogP contribution in [-0.2, 0) is 0 Å². The van der Waals surface area contributed by atoms with Crippen LogP contribution in [0.4, 0.5) is 0 Å². The molecule has 0 aliphatic rings. The lowest BCUT2D eigenvalue weighted by atomic mass is 10.1. The van der Waals surface area contributed by atoms with Crippen molar-refractivity contribution in [3.05, 3.63) is 86.3 Å². The van der Waals surface area contributed by atoms with Crippen molar-refractivity contribution < 1.29 is 9.21 Å². The van der Waals surface area contributed by atoms with Gasteiger partial charge in [0.15, 0.2) is 5.76 Å². The summed E-state index contributed by atoms with van der Waals surface area (Å²) in [6.07, 6.45) is 3.57. The lowest BCUT2D eigenvalue weighted by molar-refractivity contribution is 0.0929. The van der Waals surface area contributed by atoms with E-state index in [0.29, 0.717) is 5.58 Å². The number of fused-ring (bicyclic) bond motifs is 1. The van der Waals surface area contributed by atoms with Crippen LogP contribution in [0.15, 0.2) is 73.2 Å². The zero-order valence-electron chi connectivity index (χ0n) is 15.7. The van der Waals surface area contributed by atoms with Gasteiger partial charge in [0.2, 0.25) is 0 Å². The van der Waals surface area contributed by atoms with Crippen molar-refractivity contribution in [3.63, 3.8) is 0 Å². The van der Waals surface area contributed by atoms with Crippen molar-refractivity contribution in [2.24, 2.45) is 5.10 Å². The normalized spacial score (nSPS) is 11.4. The van der Waals surface area contributed by atoms with Crippen LogP contribution in [0.3, 0.4) is 0 Å². The number of carbonyl (C=O) groups excluding carboxylic acids is 1. The zero-order chi connectivity index (χ0) is 20.5. The summed E-state index contributed by atoms with van der Waals surface area (Å²) in [4.78, 5) is 12.4. The van der Waals surface area contributed by atoms with Crippen LogP contribution >= 0.6 is 31.9 Å². The molecule has 4 aromatic rings. The SMILES string of the molecule is Cc1ccc(-n2cccc2/C=N\NC(=O)c2cc3cc(Br)cc(Br)c3o2)cc1C. The van der Waals surface area contributed by atoms with Gasteiger partial charge >= 0.3 is 5.91 Å². The third-order valence-corrected chi connectivity index (χ3v) is 5.72. The number of aryl methyl sites for hydroxylation is 2. The lowest BCUT2D eigenvalue weighted by Gasteiger charge is -2.09. The monoisotopic (exact) mass is 513 g/mol. The highest BCUT2D eigenvalue weighted by molar-refractivity contribution is 9.11. The Morgan fingerprint density at radius 3 is 2.72 bits per heavy atom. The molecule has 1 amide bonds. The molecule has 1 N–H and O–H groups in total. The molecule has 146 valence electrons. The highest BCUT2D eigenvalue weighted by Gasteiger charge is 2.14. The molecule has 4 rings (SSSR count). The third kappa shape index (κ3) is 4.06. The fourth-order valence-corrected chi connectivity index (χ4v) is 4.35. The van der Waals surface area contributed by atoms with E-state index in [9.17, 15) is 4.79 Å². The van der Waals surface area contributed by atoms with Crippen molar-refractivity contribution in [1.82, 2.24) is 9.99 Å². The maximum atomic E-state index is 12.4. The Bertz CT molecular complexity index is 1250. The van der Waals surface area contributed by atoms with E-state index >= 15 is 0 Å². The molecule has 0 saturated heterocycles. The number of halogens is 2. The number of benzene rings is 2. The quantitative estimate of drug-likeness (QED) is 0.263. The minimum Gasteiger partial charge on any atom is -0.450 e. The predicted octanol–water partition coefficient (Wildman–Crippen LogP) is 6.13. The van der Waals surface area contributed by atoms with E-state index in [1.165, 1.54) is 11.1 Å². The van der Waals surface area contributed by atoms with Crippen molar-refractivity contribution in [3.8, 4) is 5.69 Å². The van der Waals surface area contributed by atoms with Gasteiger partial charge in [-0.3, -0.25) is 4.79 Å². The molecule has 2 aromatic carbocycles. The molecule has 0 spiro atoms. The van der Waals surface area contributed by atoms with Gasteiger partial charge in [-0.1, -0.05) is 22.0 Å². The van der Waals surface area contributed by atoms with Gasteiger partial charge in [-0.15, -0.1) is 0 Å². The van der Waals surface area contributed by atoms with E-state index in [2.05, 4.69) is 74.4 Å². The van der Waals surface area contributed by atoms with Crippen LogP contribution in [0.1, 0.15) is 27.4 Å². The first-order chi connectivity index (χ1) is 13.9. The molecule has 0 aliphatic heterocycles. The largest absolute Gasteiger partial charge is 0.450 e. The lowest BCUT2D eigenvalue weighted by Crippen LogP contribution is -2.17. The fourth-order valence-electron chi connectivity index (χ4n) is 3.01. The predicted molar refractivity (Wildman–Crippen MR) is 122 cm³/mol. The van der Waals surface area contributed by atoms with Crippen LogP contribution in [-0.4, -0.2) is 16.7 Å². The van der Waals surface area contributed by atoms with Crippen LogP contribution in [0.5, 0.6) is 0 Å². The molecule has 0 radical (unpaired) electrons. The molecule has 29 heavy (non-hydrogen) atoms. The second-order valence-electron chi connectivity index (χ2n) is 6.69. The number of hydrogen-bond acceptors (Lipinski definition) is 3. The molecular formula is C22H17Br2N3O2. The Labute approximate surface area is 184 Å². The van der Waals surface area contributed by atoms with Gasteiger partial charge in [-0.05, 0) is 83.4 Å². The molecule has 0 bridgehead atoms. The van der Waals surface area contributed by atoms with Gasteiger partial charge in [0.1, 0.15) is 5.58 Å². The van der Waals surface area contributed by atoms with Gasteiger partial charge in [-0.25, -0.2) is 5.43 Å². The van der Waals surface area contributed by atoms with Gasteiger partial charge < -0.3 is 8.98 Å². The summed E-state index contributed by atoms with van der Waals surface area (Å²) in [5.74, 6) is -0.217. The van der Waals surface area contributed by atoms with Gasteiger partial charge in [0.05, 0.1) is 16.4 Å². The highest BCUT2D eigenvalue weighted by Crippen LogP contribution is 2.31. The first-order valence-corrected chi connectivity index (χ1v) is 10.5. The number of hydrazone groups is 1. The second kappa shape index (κ2) is 8.00. The summed E-state index contributed by atoms with van der Waals surface area (Å²) >= 11 is 6.87. The van der Waals surface area contributed by atoms with E-state index in [1.54, 1.807) is 12.3 Å². The summed E-state index contributed by atoms with van der Waals surface area (Å²) in [6, 6.07) is 15.6. The summed E-state index contributed by atoms with van der Waals surface area (Å²) in [5, 5.41) is 4.92. The number of rotatable bonds is 4. The average molecular weight is 515 g/mol. The molecule has 0 atom stereocenters. The standard InChI is InChI=1S/C22H17Br2N3O2/c1-13-5-6-17(8-14(13)2)27-7-3-4-18(27)12-25-26-22(28)20-10-15-9-16(23)11-19(24)21(15)29-20/h3-12H,1-2H3,(H,26,28)/b25-12-. The van der Waals surface area contributed by atoms with Gasteiger partial charge in [0, 0.05) is 21.7 Å². The molecule has 0 fully saturated rings. The first-order valence-electron chi connectivity index (χ1n) is 8.89. The molecule has 0 aliphatic carbocycles. The number of aromatic nitrogens is 1. The van der Waals surface area contributed by atoms with Crippen LogP contribution in [0, 0.1) is 13.8 Å². The molecule has 5 nitrogen and oxygen atoms in total. The zero-order valence-corrected chi connectivity index (χ0v) is 18.9. The van der Waals surface area contributed by atoms with Crippen molar-refractivity contribution in [2.75, 3.05) is 0 Å². The number of furan rings is 1. The summed E-state index contributed by atoms with van der Waals surface area (Å²) < 4.78 is 9.35. The number of hydrogen-bond donors (Lipinski definition) is 1. The van der Waals surface area contributed by atoms with E-state index in [-0.39, 0.29) is 5.76 Å². The number of amides is 1. The van der Waals surface area contributed by atoms with Gasteiger partial charge in [0.25, 0.3) is 0 Å². The van der Waals surface area contributed by atoms with Crippen LogP contribution in [0.2, 0.25) is 0 Å². The molecule has 0 saturated carbocycles. The van der Waals surface area contributed by atoms with Crippen molar-refractivity contribution in [1.29, 1.82) is 0 Å². The summed E-state index contributed by atoms with van der Waals surface area (Å²) in [6.45, 7) is 4.17. The minimum atomic E-state index is -0.412. The third-order valence-electron chi connectivity index (χ3n) is 4.67. The summed E-state index contributed by atoms with van der Waals surface area (Å²) in [7, 11) is 0. The molecule has 2 aromatic heterocycles. The van der Waals surface area contributed by atoms with E-state index in [4.69, 9.17) is 4.42 Å². The topological polar surface area (TPSA) is 59.5 Å². The molecule has 7 heteroatoms. The van der Waals surface area contributed by atoms with Crippen LogP contribution < -0.4 is 5.43 Å². The number of nitrogens with one attached hydrogen (secondary N) is 1. The maximum Gasteiger partial charge on any atom is 0.307 e. The van der Waals surface area contributed by atoms with E-state index < -0.39 is 5.91 Å². The Balaban J connectivity index is 1.53. The Morgan fingerprint density at radius 2 is 1.93 bits per heavy atom. The number of nitrogens with zero attached hydrogens (tertiary/aromatic N) is 2. The Morgan fingerprint density at radius 1 is 1.10 bits per heavy atom. The Kier molecular flexibility index (Phi) is 5.43. The van der Waals surface area contributed by atoms with Gasteiger partial charge in [-0.2, -0.15) is 5.10 Å². The van der Waals surface area contributed by atoms with E-state index in [1.807, 2.05) is 35.0 Å². The number of carbonyl (C=O) groups is 1. The molecule has 0 unspecified atom stereocenters. The molecular weight excluding hydrogens is 498 g/mol. The smallest absolute Gasteiger partial charge is 0.307 e.